The lowest BCUT2D eigenvalue weighted by Gasteiger charge is -2.22. The highest BCUT2D eigenvalue weighted by atomic mass is 127. The van der Waals surface area contributed by atoms with Gasteiger partial charge in [-0.05, 0) is 59.7 Å². The lowest BCUT2D eigenvalue weighted by molar-refractivity contribution is 0.282. The van der Waals surface area contributed by atoms with Gasteiger partial charge in [0.1, 0.15) is 0 Å². The van der Waals surface area contributed by atoms with Gasteiger partial charge in [-0.25, -0.2) is 8.42 Å². The summed E-state index contributed by atoms with van der Waals surface area (Å²) in [7, 11) is -3.13. The van der Waals surface area contributed by atoms with Crippen LogP contribution in [0.3, 0.4) is 0 Å². The van der Waals surface area contributed by atoms with Gasteiger partial charge in [-0.1, -0.05) is 12.8 Å². The minimum Gasteiger partial charge on any atom is -0.357 e. The third kappa shape index (κ3) is 9.98. The number of rotatable bonds is 8. The maximum absolute atomic E-state index is 11.8. The molecule has 0 saturated carbocycles. The van der Waals surface area contributed by atoms with Crippen molar-refractivity contribution in [1.82, 2.24) is 15.5 Å². The van der Waals surface area contributed by atoms with Crippen molar-refractivity contribution in [2.75, 3.05) is 45.5 Å². The van der Waals surface area contributed by atoms with Gasteiger partial charge in [-0.15, -0.1) is 24.0 Å². The van der Waals surface area contributed by atoms with E-state index in [4.69, 9.17) is 0 Å². The van der Waals surface area contributed by atoms with E-state index in [1.807, 2.05) is 6.92 Å². The summed E-state index contributed by atoms with van der Waals surface area (Å²) in [5.41, 5.74) is 0. The quantitative estimate of drug-likeness (QED) is 0.237. The van der Waals surface area contributed by atoms with Gasteiger partial charge in [0.2, 0.25) is 0 Å². The predicted molar refractivity (Wildman–Crippen MR) is 118 cm³/mol. The Bertz CT molecular complexity index is 487. The summed E-state index contributed by atoms with van der Waals surface area (Å²) < 4.78 is 22.7. The van der Waals surface area contributed by atoms with E-state index in [0.717, 1.165) is 26.1 Å². The topological polar surface area (TPSA) is 73.8 Å². The van der Waals surface area contributed by atoms with E-state index >= 15 is 0 Å². The molecular formula is C17H37IN4O2S. The van der Waals surface area contributed by atoms with Crippen molar-refractivity contribution in [3.05, 3.63) is 0 Å². The standard InChI is InChI=1S/C17H36N4O2S.HI/c1-5-18-16(20-15-17(2,3)24(4,22)23)19-11-10-14-21-12-8-6-7-9-13-21;/h5-15H2,1-4H3,(H2,18,19,20);1H. The molecule has 0 aromatic heterocycles. The molecule has 1 fully saturated rings. The number of aliphatic imine (C=N–C) groups is 1. The van der Waals surface area contributed by atoms with Crippen molar-refractivity contribution in [1.29, 1.82) is 0 Å². The van der Waals surface area contributed by atoms with Crippen molar-refractivity contribution in [3.8, 4) is 0 Å². The molecule has 0 bridgehead atoms. The number of likely N-dealkylation sites (tertiary alicyclic amines) is 1. The lowest BCUT2D eigenvalue weighted by atomic mass is 10.2. The molecule has 1 aliphatic rings. The lowest BCUT2D eigenvalue weighted by Crippen LogP contribution is -2.41. The molecule has 1 heterocycles. The molecule has 1 aliphatic heterocycles. The second-order valence-corrected chi connectivity index (χ2v) is 9.91. The number of halogens is 1. The zero-order valence-electron chi connectivity index (χ0n) is 16.3. The summed E-state index contributed by atoms with van der Waals surface area (Å²) in [6.07, 6.45) is 7.70. The van der Waals surface area contributed by atoms with Crippen LogP contribution in [0.4, 0.5) is 0 Å². The van der Waals surface area contributed by atoms with E-state index in [0.29, 0.717) is 5.96 Å². The Morgan fingerprint density at radius 2 is 1.72 bits per heavy atom. The molecule has 0 aliphatic carbocycles. The fourth-order valence-corrected chi connectivity index (χ4v) is 2.90. The normalized spacial score (nSPS) is 17.5. The second-order valence-electron chi connectivity index (χ2n) is 7.26. The number of hydrogen-bond acceptors (Lipinski definition) is 4. The van der Waals surface area contributed by atoms with E-state index in [1.165, 1.54) is 45.0 Å². The molecule has 150 valence electrons. The van der Waals surface area contributed by atoms with Gasteiger partial charge in [0.15, 0.2) is 15.8 Å². The first-order valence-electron chi connectivity index (χ1n) is 9.20. The zero-order chi connectivity index (χ0) is 18.1. The summed E-state index contributed by atoms with van der Waals surface area (Å²) in [6, 6.07) is 0. The van der Waals surface area contributed by atoms with E-state index in [1.54, 1.807) is 13.8 Å². The van der Waals surface area contributed by atoms with Gasteiger partial charge in [0.25, 0.3) is 0 Å². The summed E-state index contributed by atoms with van der Waals surface area (Å²) in [6.45, 7) is 10.9. The molecule has 0 radical (unpaired) electrons. The average molecular weight is 488 g/mol. The highest BCUT2D eigenvalue weighted by Crippen LogP contribution is 2.15. The average Bonchev–Trinajstić information content (AvgIpc) is 2.76. The van der Waals surface area contributed by atoms with Crippen LogP contribution in [0.1, 0.15) is 52.9 Å². The third-order valence-corrected chi connectivity index (χ3v) is 6.74. The Kier molecular flexibility index (Phi) is 12.3. The molecule has 1 saturated heterocycles. The number of hydrogen-bond donors (Lipinski definition) is 2. The molecule has 8 heteroatoms. The molecule has 6 nitrogen and oxygen atoms in total. The molecule has 0 amide bonds. The molecule has 2 N–H and O–H groups in total. The van der Waals surface area contributed by atoms with Gasteiger partial charge in [0, 0.05) is 19.3 Å². The molecule has 25 heavy (non-hydrogen) atoms. The monoisotopic (exact) mass is 488 g/mol. The summed E-state index contributed by atoms with van der Waals surface area (Å²) in [5.74, 6) is 0.699. The number of nitrogens with one attached hydrogen (secondary N) is 2. The summed E-state index contributed by atoms with van der Waals surface area (Å²) in [5, 5.41) is 6.50. The number of guanidine groups is 1. The predicted octanol–water partition coefficient (Wildman–Crippen LogP) is 2.25. The Labute approximate surface area is 171 Å². The van der Waals surface area contributed by atoms with Crippen molar-refractivity contribution >= 4 is 39.8 Å². The van der Waals surface area contributed by atoms with Crippen molar-refractivity contribution in [2.24, 2.45) is 4.99 Å². The van der Waals surface area contributed by atoms with Gasteiger partial charge < -0.3 is 15.5 Å². The first-order chi connectivity index (χ1) is 11.3. The van der Waals surface area contributed by atoms with Crippen LogP contribution >= 0.6 is 24.0 Å². The van der Waals surface area contributed by atoms with E-state index < -0.39 is 14.6 Å². The van der Waals surface area contributed by atoms with Crippen molar-refractivity contribution in [3.63, 3.8) is 0 Å². The molecule has 0 aromatic rings. The van der Waals surface area contributed by atoms with E-state index in [2.05, 4.69) is 20.5 Å². The summed E-state index contributed by atoms with van der Waals surface area (Å²) >= 11 is 0. The molecule has 1 rings (SSSR count). The Morgan fingerprint density at radius 1 is 1.12 bits per heavy atom. The first kappa shape index (κ1) is 24.9. The molecule has 0 aromatic carbocycles. The van der Waals surface area contributed by atoms with E-state index in [9.17, 15) is 8.42 Å². The van der Waals surface area contributed by atoms with Gasteiger partial charge >= 0.3 is 0 Å². The first-order valence-corrected chi connectivity index (χ1v) is 11.1. The molecule has 0 atom stereocenters. The van der Waals surface area contributed by atoms with E-state index in [-0.39, 0.29) is 30.5 Å². The van der Waals surface area contributed by atoms with Crippen LogP contribution in [0.15, 0.2) is 4.99 Å². The highest BCUT2D eigenvalue weighted by Gasteiger charge is 2.29. The Balaban J connectivity index is 0.00000576. The summed E-state index contributed by atoms with van der Waals surface area (Å²) in [4.78, 5) is 7.00. The molecule has 0 spiro atoms. The van der Waals surface area contributed by atoms with Crippen LogP contribution in [-0.2, 0) is 9.84 Å². The van der Waals surface area contributed by atoms with Crippen LogP contribution in [-0.4, -0.2) is 69.5 Å². The molecular weight excluding hydrogens is 451 g/mol. The Hall–Kier alpha value is -0.0900. The second kappa shape index (κ2) is 12.3. The van der Waals surface area contributed by atoms with Crippen LogP contribution in [0.5, 0.6) is 0 Å². The fraction of sp³-hybridized carbons (Fsp3) is 0.941. The number of nitrogens with zero attached hydrogens (tertiary/aromatic N) is 2. The third-order valence-electron chi connectivity index (χ3n) is 4.61. The largest absolute Gasteiger partial charge is 0.357 e. The molecule has 0 unspecified atom stereocenters. The van der Waals surface area contributed by atoms with Crippen LogP contribution < -0.4 is 10.6 Å². The fourth-order valence-electron chi connectivity index (χ4n) is 2.60. The van der Waals surface area contributed by atoms with Gasteiger partial charge in [-0.3, -0.25) is 4.99 Å². The minimum atomic E-state index is -3.13. The van der Waals surface area contributed by atoms with Crippen LogP contribution in [0.25, 0.3) is 0 Å². The minimum absolute atomic E-state index is 0. The van der Waals surface area contributed by atoms with Gasteiger partial charge in [-0.2, -0.15) is 0 Å². The number of sulfone groups is 1. The maximum Gasteiger partial charge on any atom is 0.191 e. The smallest absolute Gasteiger partial charge is 0.191 e. The SMILES string of the molecule is CCNC(=NCC(C)(C)S(C)(=O)=O)NCCCN1CCCCCC1.I. The van der Waals surface area contributed by atoms with Gasteiger partial charge in [0.05, 0.1) is 11.3 Å². The maximum atomic E-state index is 11.8. The highest BCUT2D eigenvalue weighted by molar-refractivity contribution is 14.0. The van der Waals surface area contributed by atoms with Crippen molar-refractivity contribution in [2.45, 2.75) is 57.6 Å². The Morgan fingerprint density at radius 3 is 2.24 bits per heavy atom. The van der Waals surface area contributed by atoms with Crippen LogP contribution in [0, 0.1) is 0 Å². The zero-order valence-corrected chi connectivity index (χ0v) is 19.5. The van der Waals surface area contributed by atoms with Crippen molar-refractivity contribution < 1.29 is 8.42 Å². The van der Waals surface area contributed by atoms with Crippen LogP contribution in [0.2, 0.25) is 0 Å².